The number of nitro benzene ring substituents is 1. The van der Waals surface area contributed by atoms with Crippen LogP contribution in [0.5, 0.6) is 0 Å². The second-order valence-electron chi connectivity index (χ2n) is 5.89. The molecule has 1 amide bonds. The summed E-state index contributed by atoms with van der Waals surface area (Å²) in [7, 11) is 0. The number of amides is 1. The zero-order valence-electron chi connectivity index (χ0n) is 16.4. The van der Waals surface area contributed by atoms with Gasteiger partial charge in [0.1, 0.15) is 16.9 Å². The van der Waals surface area contributed by atoms with E-state index < -0.39 is 22.8 Å². The first-order valence-electron chi connectivity index (χ1n) is 8.75. The number of nitrogens with zero attached hydrogens (tertiary/aromatic N) is 1. The number of aryl methyl sites for hydroxylation is 2. The highest BCUT2D eigenvalue weighted by Crippen LogP contribution is 2.29. The zero-order chi connectivity index (χ0) is 21.7. The molecule has 10 heteroatoms. The molecule has 0 radical (unpaired) electrons. The minimum atomic E-state index is -0.859. The van der Waals surface area contributed by atoms with Crippen LogP contribution in [0, 0.1) is 24.0 Å². The molecule has 0 aliphatic carbocycles. The van der Waals surface area contributed by atoms with E-state index in [2.05, 4.69) is 5.32 Å². The second-order valence-corrected chi connectivity index (χ2v) is 5.89. The maximum atomic E-state index is 12.6. The Labute approximate surface area is 165 Å². The molecule has 0 aliphatic heterocycles. The number of carbonyl (C=O) groups excluding carboxylic acids is 3. The van der Waals surface area contributed by atoms with Crippen molar-refractivity contribution in [3.8, 4) is 0 Å². The van der Waals surface area contributed by atoms with Gasteiger partial charge >= 0.3 is 11.9 Å². The number of rotatable bonds is 7. The number of nitrogens with one attached hydrogen (secondary N) is 1. The minimum absolute atomic E-state index is 0.0419. The molecule has 0 unspecified atom stereocenters. The van der Waals surface area contributed by atoms with Crippen molar-refractivity contribution < 1.29 is 33.2 Å². The molecule has 154 valence electrons. The molecular formula is C19H20N2O8. The summed E-state index contributed by atoms with van der Waals surface area (Å²) in [5.74, 6) is -2.53. The third-order valence-corrected chi connectivity index (χ3v) is 3.93. The lowest BCUT2D eigenvalue weighted by molar-refractivity contribution is -0.385. The Hall–Kier alpha value is -3.69. The van der Waals surface area contributed by atoms with E-state index in [1.54, 1.807) is 13.8 Å². The summed E-state index contributed by atoms with van der Waals surface area (Å²) in [6.07, 6.45) is 0. The van der Waals surface area contributed by atoms with E-state index in [9.17, 15) is 24.5 Å². The fraction of sp³-hybridized carbons (Fsp3) is 0.316. The van der Waals surface area contributed by atoms with Crippen molar-refractivity contribution in [2.75, 3.05) is 18.5 Å². The SMILES string of the molecule is CCOC(=O)c1c(C)oc(NC(=O)c2ccc([N+](=O)[O-])c(C)c2)c1C(=O)OCC. The van der Waals surface area contributed by atoms with Crippen molar-refractivity contribution >= 4 is 29.4 Å². The smallest absolute Gasteiger partial charge is 0.344 e. The van der Waals surface area contributed by atoms with Crippen LogP contribution < -0.4 is 5.32 Å². The van der Waals surface area contributed by atoms with Crippen LogP contribution >= 0.6 is 0 Å². The fourth-order valence-corrected chi connectivity index (χ4v) is 2.66. The normalized spacial score (nSPS) is 10.3. The van der Waals surface area contributed by atoms with E-state index >= 15 is 0 Å². The molecule has 10 nitrogen and oxygen atoms in total. The summed E-state index contributed by atoms with van der Waals surface area (Å²) in [6.45, 7) is 6.26. The Kier molecular flexibility index (Phi) is 6.71. The number of nitro groups is 1. The monoisotopic (exact) mass is 404 g/mol. The Bertz CT molecular complexity index is 977. The summed E-state index contributed by atoms with van der Waals surface area (Å²) in [4.78, 5) is 47.6. The summed E-state index contributed by atoms with van der Waals surface area (Å²) in [5.41, 5.74) is -0.131. The van der Waals surface area contributed by atoms with Gasteiger partial charge in [-0.3, -0.25) is 20.2 Å². The van der Waals surface area contributed by atoms with Crippen LogP contribution in [-0.2, 0) is 9.47 Å². The minimum Gasteiger partial charge on any atom is -0.462 e. The zero-order valence-corrected chi connectivity index (χ0v) is 16.4. The standard InChI is InChI=1S/C19H20N2O8/c1-5-27-18(23)14-11(4)29-17(15(14)19(24)28-6-2)20-16(22)12-7-8-13(21(25)26)10(3)9-12/h7-9H,5-6H2,1-4H3,(H,20,22). The quantitative estimate of drug-likeness (QED) is 0.421. The van der Waals surface area contributed by atoms with Gasteiger partial charge in [-0.15, -0.1) is 0 Å². The summed E-state index contributed by atoms with van der Waals surface area (Å²) >= 11 is 0. The van der Waals surface area contributed by atoms with Crippen LogP contribution in [0.1, 0.15) is 56.2 Å². The largest absolute Gasteiger partial charge is 0.462 e. The van der Waals surface area contributed by atoms with Crippen LogP contribution in [-0.4, -0.2) is 36.0 Å². The molecule has 1 heterocycles. The molecule has 0 atom stereocenters. The first kappa shape index (κ1) is 21.6. The lowest BCUT2D eigenvalue weighted by Crippen LogP contribution is -2.17. The molecule has 0 saturated heterocycles. The number of carbonyl (C=O) groups is 3. The maximum Gasteiger partial charge on any atom is 0.344 e. The molecule has 0 spiro atoms. The molecule has 29 heavy (non-hydrogen) atoms. The van der Waals surface area contributed by atoms with Crippen molar-refractivity contribution in [1.29, 1.82) is 0 Å². The van der Waals surface area contributed by atoms with Crippen LogP contribution in [0.15, 0.2) is 22.6 Å². The van der Waals surface area contributed by atoms with Gasteiger partial charge in [-0.25, -0.2) is 9.59 Å². The molecular weight excluding hydrogens is 384 g/mol. The third kappa shape index (κ3) is 4.60. The number of anilines is 1. The van der Waals surface area contributed by atoms with Gasteiger partial charge in [-0.05, 0) is 39.8 Å². The van der Waals surface area contributed by atoms with Crippen LogP contribution in [0.2, 0.25) is 0 Å². The highest BCUT2D eigenvalue weighted by molar-refractivity contribution is 6.11. The molecule has 0 saturated carbocycles. The van der Waals surface area contributed by atoms with Gasteiger partial charge in [0.25, 0.3) is 11.6 Å². The molecule has 2 aromatic rings. The van der Waals surface area contributed by atoms with Crippen molar-refractivity contribution in [3.63, 3.8) is 0 Å². The molecule has 0 fully saturated rings. The number of furan rings is 1. The Balaban J connectivity index is 2.44. The topological polar surface area (TPSA) is 138 Å². The highest BCUT2D eigenvalue weighted by Gasteiger charge is 2.31. The van der Waals surface area contributed by atoms with Gasteiger partial charge < -0.3 is 13.9 Å². The van der Waals surface area contributed by atoms with Crippen LogP contribution in [0.4, 0.5) is 11.6 Å². The molecule has 1 aromatic heterocycles. The first-order valence-corrected chi connectivity index (χ1v) is 8.75. The van der Waals surface area contributed by atoms with Gasteiger partial charge in [-0.2, -0.15) is 0 Å². The van der Waals surface area contributed by atoms with E-state index in [1.807, 2.05) is 0 Å². The van der Waals surface area contributed by atoms with Gasteiger partial charge in [0.2, 0.25) is 5.88 Å². The van der Waals surface area contributed by atoms with Gasteiger partial charge in [0, 0.05) is 17.2 Å². The Morgan fingerprint density at radius 3 is 2.17 bits per heavy atom. The number of benzene rings is 1. The average molecular weight is 404 g/mol. The molecule has 0 aliphatic rings. The lowest BCUT2D eigenvalue weighted by Gasteiger charge is -2.07. The van der Waals surface area contributed by atoms with Crippen molar-refractivity contribution in [3.05, 3.63) is 56.3 Å². The van der Waals surface area contributed by atoms with Gasteiger partial charge in [0.15, 0.2) is 0 Å². The fourth-order valence-electron chi connectivity index (χ4n) is 2.66. The number of hydrogen-bond acceptors (Lipinski definition) is 8. The van der Waals surface area contributed by atoms with Crippen LogP contribution in [0.3, 0.4) is 0 Å². The molecule has 2 rings (SSSR count). The van der Waals surface area contributed by atoms with Crippen LogP contribution in [0.25, 0.3) is 0 Å². The summed E-state index contributed by atoms with van der Waals surface area (Å²) in [6, 6.07) is 3.81. The maximum absolute atomic E-state index is 12.6. The van der Waals surface area contributed by atoms with Gasteiger partial charge in [-0.1, -0.05) is 0 Å². The molecule has 0 bridgehead atoms. The summed E-state index contributed by atoms with van der Waals surface area (Å²) < 4.78 is 15.3. The third-order valence-electron chi connectivity index (χ3n) is 3.93. The lowest BCUT2D eigenvalue weighted by atomic mass is 10.1. The van der Waals surface area contributed by atoms with Crippen molar-refractivity contribution in [2.45, 2.75) is 27.7 Å². The number of hydrogen-bond donors (Lipinski definition) is 1. The predicted octanol–water partition coefficient (Wildman–Crippen LogP) is 3.41. The number of ether oxygens (including phenoxy) is 2. The molecule has 1 N–H and O–H groups in total. The van der Waals surface area contributed by atoms with Crippen molar-refractivity contribution in [1.82, 2.24) is 0 Å². The Morgan fingerprint density at radius 1 is 1.07 bits per heavy atom. The van der Waals surface area contributed by atoms with E-state index in [4.69, 9.17) is 13.9 Å². The predicted molar refractivity (Wildman–Crippen MR) is 101 cm³/mol. The molecule has 1 aromatic carbocycles. The second kappa shape index (κ2) is 9.00. The van der Waals surface area contributed by atoms with E-state index in [-0.39, 0.29) is 52.8 Å². The Morgan fingerprint density at radius 2 is 1.66 bits per heavy atom. The van der Waals surface area contributed by atoms with Gasteiger partial charge in [0.05, 0.1) is 18.1 Å². The summed E-state index contributed by atoms with van der Waals surface area (Å²) in [5, 5.41) is 13.3. The average Bonchev–Trinajstić information content (AvgIpc) is 2.97. The van der Waals surface area contributed by atoms with Crippen molar-refractivity contribution in [2.24, 2.45) is 0 Å². The van der Waals surface area contributed by atoms with E-state index in [0.29, 0.717) is 0 Å². The van der Waals surface area contributed by atoms with E-state index in [1.165, 1.54) is 32.0 Å². The first-order chi connectivity index (χ1) is 13.7. The number of esters is 2. The highest BCUT2D eigenvalue weighted by atomic mass is 16.6. The van der Waals surface area contributed by atoms with E-state index in [0.717, 1.165) is 0 Å².